The van der Waals surface area contributed by atoms with Crippen LogP contribution in [0.5, 0.6) is 5.75 Å². The average molecular weight is 222 g/mol. The highest BCUT2D eigenvalue weighted by atomic mass is 16.5. The third-order valence-corrected chi connectivity index (χ3v) is 2.46. The number of aryl methyl sites for hydroxylation is 1. The number of benzene rings is 1. The molecule has 4 heteroatoms. The molecule has 0 aliphatic heterocycles. The highest BCUT2D eigenvalue weighted by molar-refractivity contribution is 5.92. The van der Waals surface area contributed by atoms with Gasteiger partial charge < -0.3 is 15.8 Å². The number of rotatable bonds is 4. The molecule has 1 rings (SSSR count). The van der Waals surface area contributed by atoms with Crippen molar-refractivity contribution >= 4 is 11.6 Å². The van der Waals surface area contributed by atoms with E-state index in [2.05, 4.69) is 5.32 Å². The molecule has 0 fully saturated rings. The highest BCUT2D eigenvalue weighted by Crippen LogP contribution is 2.21. The summed E-state index contributed by atoms with van der Waals surface area (Å²) in [5.74, 6) is 0.569. The number of hydrogen-bond donors (Lipinski definition) is 2. The minimum absolute atomic E-state index is 0.0629. The van der Waals surface area contributed by atoms with E-state index in [1.54, 1.807) is 14.0 Å². The average Bonchev–Trinajstić information content (AvgIpc) is 2.28. The summed E-state index contributed by atoms with van der Waals surface area (Å²) in [6.07, 6.45) is 0. The van der Waals surface area contributed by atoms with E-state index in [-0.39, 0.29) is 11.8 Å². The van der Waals surface area contributed by atoms with Crippen molar-refractivity contribution in [3.63, 3.8) is 0 Å². The zero-order valence-corrected chi connectivity index (χ0v) is 9.91. The van der Waals surface area contributed by atoms with Gasteiger partial charge in [-0.3, -0.25) is 4.79 Å². The van der Waals surface area contributed by atoms with Crippen molar-refractivity contribution in [2.24, 2.45) is 11.7 Å². The lowest BCUT2D eigenvalue weighted by atomic mass is 10.1. The lowest BCUT2D eigenvalue weighted by molar-refractivity contribution is -0.119. The zero-order chi connectivity index (χ0) is 12.1. The summed E-state index contributed by atoms with van der Waals surface area (Å²) in [6.45, 7) is 4.08. The second kappa shape index (κ2) is 5.51. The topological polar surface area (TPSA) is 64.3 Å². The monoisotopic (exact) mass is 222 g/mol. The van der Waals surface area contributed by atoms with Gasteiger partial charge in [0.1, 0.15) is 5.75 Å². The standard InChI is InChI=1S/C12H18N2O2/c1-8-6-10(4-5-11(8)16-3)14-12(15)9(2)7-13/h4-6,9H,7,13H2,1-3H3,(H,14,15). The second-order valence-corrected chi connectivity index (χ2v) is 3.81. The van der Waals surface area contributed by atoms with Crippen molar-refractivity contribution in [3.8, 4) is 5.75 Å². The van der Waals surface area contributed by atoms with Crippen LogP contribution in [0.15, 0.2) is 18.2 Å². The first-order chi connectivity index (χ1) is 7.58. The Kier molecular flexibility index (Phi) is 4.31. The van der Waals surface area contributed by atoms with Crippen LogP contribution in [0.3, 0.4) is 0 Å². The highest BCUT2D eigenvalue weighted by Gasteiger charge is 2.11. The summed E-state index contributed by atoms with van der Waals surface area (Å²) in [4.78, 5) is 11.6. The molecule has 1 aromatic carbocycles. The smallest absolute Gasteiger partial charge is 0.228 e. The van der Waals surface area contributed by atoms with Gasteiger partial charge in [0.15, 0.2) is 0 Å². The number of ether oxygens (including phenoxy) is 1. The maximum atomic E-state index is 11.6. The Morgan fingerprint density at radius 3 is 2.75 bits per heavy atom. The molecule has 0 bridgehead atoms. The van der Waals surface area contributed by atoms with Gasteiger partial charge in [-0.2, -0.15) is 0 Å². The van der Waals surface area contributed by atoms with E-state index >= 15 is 0 Å². The molecule has 16 heavy (non-hydrogen) atoms. The minimum Gasteiger partial charge on any atom is -0.496 e. The molecule has 1 atom stereocenters. The Morgan fingerprint density at radius 1 is 1.56 bits per heavy atom. The first kappa shape index (κ1) is 12.5. The van der Waals surface area contributed by atoms with Gasteiger partial charge in [0.25, 0.3) is 0 Å². The van der Waals surface area contributed by atoms with Gasteiger partial charge in [0.05, 0.1) is 7.11 Å². The molecular weight excluding hydrogens is 204 g/mol. The molecule has 0 saturated carbocycles. The van der Waals surface area contributed by atoms with Gasteiger partial charge in [0, 0.05) is 18.2 Å². The number of amides is 1. The Bertz CT molecular complexity index is 377. The van der Waals surface area contributed by atoms with Crippen LogP contribution >= 0.6 is 0 Å². The summed E-state index contributed by atoms with van der Waals surface area (Å²) in [7, 11) is 1.62. The lowest BCUT2D eigenvalue weighted by Crippen LogP contribution is -2.26. The molecule has 0 heterocycles. The number of nitrogens with one attached hydrogen (secondary N) is 1. The van der Waals surface area contributed by atoms with Crippen molar-refractivity contribution in [1.82, 2.24) is 0 Å². The Hall–Kier alpha value is -1.55. The number of nitrogens with two attached hydrogens (primary N) is 1. The fraction of sp³-hybridized carbons (Fsp3) is 0.417. The molecule has 4 nitrogen and oxygen atoms in total. The summed E-state index contributed by atoms with van der Waals surface area (Å²) in [5, 5.41) is 2.81. The van der Waals surface area contributed by atoms with E-state index in [0.29, 0.717) is 6.54 Å². The molecule has 1 amide bonds. The van der Waals surface area contributed by atoms with Crippen LogP contribution in [0.1, 0.15) is 12.5 Å². The molecule has 3 N–H and O–H groups in total. The number of carbonyl (C=O) groups excluding carboxylic acids is 1. The van der Waals surface area contributed by atoms with E-state index in [1.807, 2.05) is 25.1 Å². The first-order valence-electron chi connectivity index (χ1n) is 5.24. The molecule has 0 radical (unpaired) electrons. The van der Waals surface area contributed by atoms with E-state index < -0.39 is 0 Å². The van der Waals surface area contributed by atoms with Crippen LogP contribution < -0.4 is 15.8 Å². The largest absolute Gasteiger partial charge is 0.496 e. The first-order valence-corrected chi connectivity index (χ1v) is 5.24. The van der Waals surface area contributed by atoms with Gasteiger partial charge >= 0.3 is 0 Å². The third-order valence-electron chi connectivity index (χ3n) is 2.46. The lowest BCUT2D eigenvalue weighted by Gasteiger charge is -2.11. The zero-order valence-electron chi connectivity index (χ0n) is 9.91. The summed E-state index contributed by atoms with van der Waals surface area (Å²) >= 11 is 0. The van der Waals surface area contributed by atoms with Crippen molar-refractivity contribution in [2.75, 3.05) is 19.0 Å². The molecular formula is C12H18N2O2. The molecule has 0 aliphatic rings. The molecule has 1 unspecified atom stereocenters. The Labute approximate surface area is 95.8 Å². The Morgan fingerprint density at radius 2 is 2.25 bits per heavy atom. The van der Waals surface area contributed by atoms with Crippen LogP contribution in [0.2, 0.25) is 0 Å². The summed E-state index contributed by atoms with van der Waals surface area (Å²) in [5.41, 5.74) is 7.18. The van der Waals surface area contributed by atoms with Crippen LogP contribution in [-0.2, 0) is 4.79 Å². The van der Waals surface area contributed by atoms with Crippen molar-refractivity contribution in [3.05, 3.63) is 23.8 Å². The van der Waals surface area contributed by atoms with Crippen molar-refractivity contribution in [2.45, 2.75) is 13.8 Å². The molecule has 1 aromatic rings. The number of hydrogen-bond acceptors (Lipinski definition) is 3. The molecule has 0 spiro atoms. The van der Waals surface area contributed by atoms with Crippen LogP contribution in [0, 0.1) is 12.8 Å². The maximum Gasteiger partial charge on any atom is 0.228 e. The Balaban J connectivity index is 2.75. The van der Waals surface area contributed by atoms with Crippen LogP contribution in [0.25, 0.3) is 0 Å². The van der Waals surface area contributed by atoms with Crippen molar-refractivity contribution < 1.29 is 9.53 Å². The second-order valence-electron chi connectivity index (χ2n) is 3.81. The molecule has 88 valence electrons. The summed E-state index contributed by atoms with van der Waals surface area (Å²) in [6, 6.07) is 5.52. The molecule has 0 saturated heterocycles. The van der Waals surface area contributed by atoms with Gasteiger partial charge in [-0.05, 0) is 30.7 Å². The third kappa shape index (κ3) is 2.97. The SMILES string of the molecule is COc1ccc(NC(=O)C(C)CN)cc1C. The summed E-state index contributed by atoms with van der Waals surface area (Å²) < 4.78 is 5.14. The van der Waals surface area contributed by atoms with Crippen molar-refractivity contribution in [1.29, 1.82) is 0 Å². The quantitative estimate of drug-likeness (QED) is 0.812. The van der Waals surface area contributed by atoms with Crippen LogP contribution in [0.4, 0.5) is 5.69 Å². The fourth-order valence-corrected chi connectivity index (χ4v) is 1.33. The fourth-order valence-electron chi connectivity index (χ4n) is 1.33. The number of methoxy groups -OCH3 is 1. The van der Waals surface area contributed by atoms with Gasteiger partial charge in [-0.15, -0.1) is 0 Å². The number of carbonyl (C=O) groups is 1. The van der Waals surface area contributed by atoms with E-state index in [4.69, 9.17) is 10.5 Å². The van der Waals surface area contributed by atoms with Gasteiger partial charge in [-0.25, -0.2) is 0 Å². The number of anilines is 1. The van der Waals surface area contributed by atoms with E-state index in [9.17, 15) is 4.79 Å². The predicted octanol–water partition coefficient (Wildman–Crippen LogP) is 1.54. The van der Waals surface area contributed by atoms with Gasteiger partial charge in [-0.1, -0.05) is 6.92 Å². The normalized spacial score (nSPS) is 12.0. The van der Waals surface area contributed by atoms with Crippen LogP contribution in [-0.4, -0.2) is 19.6 Å². The predicted molar refractivity (Wildman–Crippen MR) is 64.6 cm³/mol. The molecule has 0 aromatic heterocycles. The van der Waals surface area contributed by atoms with E-state index in [0.717, 1.165) is 17.0 Å². The van der Waals surface area contributed by atoms with Gasteiger partial charge in [0.2, 0.25) is 5.91 Å². The maximum absolute atomic E-state index is 11.6. The van der Waals surface area contributed by atoms with E-state index in [1.165, 1.54) is 0 Å². The molecule has 0 aliphatic carbocycles. The minimum atomic E-state index is -0.178.